The van der Waals surface area contributed by atoms with Crippen LogP contribution < -0.4 is 15.5 Å². The van der Waals surface area contributed by atoms with Gasteiger partial charge in [-0.15, -0.1) is 5.10 Å². The molecular weight excluding hydrogens is 361 g/mol. The van der Waals surface area contributed by atoms with Gasteiger partial charge in [-0.2, -0.15) is 0 Å². The summed E-state index contributed by atoms with van der Waals surface area (Å²) in [7, 11) is 1.54. The van der Waals surface area contributed by atoms with E-state index >= 15 is 0 Å². The minimum absolute atomic E-state index is 0.235. The van der Waals surface area contributed by atoms with Crippen LogP contribution in [0.4, 0.5) is 11.4 Å². The van der Waals surface area contributed by atoms with Gasteiger partial charge in [0.05, 0.1) is 39.1 Å². The first-order chi connectivity index (χ1) is 11.0. The largest absolute Gasteiger partial charge is 0.496 e. The number of ether oxygens (including phenoxy) is 2. The van der Waals surface area contributed by atoms with E-state index in [-0.39, 0.29) is 6.73 Å². The van der Waals surface area contributed by atoms with Crippen molar-refractivity contribution in [1.29, 1.82) is 0 Å². The number of nitrogens with two attached hydrogens (primary N) is 1. The summed E-state index contributed by atoms with van der Waals surface area (Å²) >= 11 is 18.0. The van der Waals surface area contributed by atoms with Gasteiger partial charge in [-0.1, -0.05) is 34.8 Å². The molecule has 1 aliphatic heterocycles. The lowest BCUT2D eigenvalue weighted by Crippen LogP contribution is -2.12. The average Bonchev–Trinajstić information content (AvgIpc) is 3.02. The smallest absolute Gasteiger partial charge is 0.244 e. The van der Waals surface area contributed by atoms with Gasteiger partial charge in [0.2, 0.25) is 5.90 Å². The molecule has 2 aromatic rings. The molecule has 0 saturated heterocycles. The molecule has 0 unspecified atom stereocenters. The van der Waals surface area contributed by atoms with Crippen LogP contribution in [0.25, 0.3) is 0 Å². The summed E-state index contributed by atoms with van der Waals surface area (Å²) in [6.07, 6.45) is 0. The number of nitrogen functional groups attached to an aromatic ring is 1. The quantitative estimate of drug-likeness (QED) is 0.812. The summed E-state index contributed by atoms with van der Waals surface area (Å²) in [4.78, 5) is 0. The molecule has 8 heteroatoms. The molecule has 0 atom stereocenters. The molecule has 0 aromatic heterocycles. The summed E-state index contributed by atoms with van der Waals surface area (Å²) in [5.74, 6) is 0.913. The average molecular weight is 373 g/mol. The number of hydrogen-bond donors (Lipinski definition) is 1. The third-order valence-electron chi connectivity index (χ3n) is 3.29. The monoisotopic (exact) mass is 371 g/mol. The highest BCUT2D eigenvalue weighted by molar-refractivity contribution is 6.42. The van der Waals surface area contributed by atoms with Crippen LogP contribution in [0.2, 0.25) is 15.1 Å². The van der Waals surface area contributed by atoms with Crippen LogP contribution in [0.5, 0.6) is 5.75 Å². The van der Waals surface area contributed by atoms with E-state index in [0.29, 0.717) is 38.0 Å². The van der Waals surface area contributed by atoms with Gasteiger partial charge < -0.3 is 15.2 Å². The Labute approximate surface area is 148 Å². The lowest BCUT2D eigenvalue weighted by atomic mass is 10.2. The van der Waals surface area contributed by atoms with Crippen LogP contribution in [-0.4, -0.2) is 19.7 Å². The Morgan fingerprint density at radius 3 is 2.61 bits per heavy atom. The topological polar surface area (TPSA) is 60.1 Å². The highest BCUT2D eigenvalue weighted by atomic mass is 35.5. The Balaban J connectivity index is 1.96. The number of hydrogen-bond acceptors (Lipinski definition) is 5. The summed E-state index contributed by atoms with van der Waals surface area (Å²) in [5, 5.41) is 7.41. The Morgan fingerprint density at radius 1 is 1.13 bits per heavy atom. The van der Waals surface area contributed by atoms with E-state index in [0.717, 1.165) is 5.69 Å². The van der Waals surface area contributed by atoms with Crippen LogP contribution >= 0.6 is 34.8 Å². The third kappa shape index (κ3) is 3.13. The second-order valence-corrected chi connectivity index (χ2v) is 5.97. The molecule has 120 valence electrons. The van der Waals surface area contributed by atoms with Crippen molar-refractivity contribution in [1.82, 2.24) is 0 Å². The fraction of sp³-hybridized carbons (Fsp3) is 0.133. The predicted octanol–water partition coefficient (Wildman–Crippen LogP) is 4.39. The van der Waals surface area contributed by atoms with Crippen molar-refractivity contribution < 1.29 is 9.47 Å². The zero-order valence-electron chi connectivity index (χ0n) is 12.0. The molecule has 3 rings (SSSR count). The van der Waals surface area contributed by atoms with E-state index in [9.17, 15) is 0 Å². The lowest BCUT2D eigenvalue weighted by Gasteiger charge is -2.11. The molecule has 0 aliphatic carbocycles. The zero-order chi connectivity index (χ0) is 16.6. The van der Waals surface area contributed by atoms with E-state index < -0.39 is 0 Å². The van der Waals surface area contributed by atoms with Crippen molar-refractivity contribution in [2.24, 2.45) is 5.10 Å². The Morgan fingerprint density at radius 2 is 1.91 bits per heavy atom. The van der Waals surface area contributed by atoms with Gasteiger partial charge in [0.15, 0.2) is 6.73 Å². The maximum absolute atomic E-state index is 6.08. The molecule has 0 radical (unpaired) electrons. The zero-order valence-corrected chi connectivity index (χ0v) is 14.3. The third-order valence-corrected chi connectivity index (χ3v) is 4.35. The molecule has 0 fully saturated rings. The normalized spacial score (nSPS) is 13.7. The van der Waals surface area contributed by atoms with Crippen molar-refractivity contribution >= 4 is 52.1 Å². The first-order valence-corrected chi connectivity index (χ1v) is 7.70. The van der Waals surface area contributed by atoms with E-state index in [1.54, 1.807) is 42.5 Å². The number of benzene rings is 2. The SMILES string of the molecule is COc1cc(N)c(Cl)cc1C1=NN(c2ccc(Cl)c(Cl)c2)CO1. The highest BCUT2D eigenvalue weighted by Gasteiger charge is 2.23. The summed E-state index contributed by atoms with van der Waals surface area (Å²) in [6, 6.07) is 8.51. The van der Waals surface area contributed by atoms with Gasteiger partial charge >= 0.3 is 0 Å². The second kappa shape index (κ2) is 6.35. The van der Waals surface area contributed by atoms with Gasteiger partial charge in [0.25, 0.3) is 0 Å². The Hall–Kier alpha value is -1.82. The number of halogens is 3. The summed E-state index contributed by atoms with van der Waals surface area (Å²) in [6.45, 7) is 0.235. The van der Waals surface area contributed by atoms with Gasteiger partial charge in [0.1, 0.15) is 5.75 Å². The lowest BCUT2D eigenvalue weighted by molar-refractivity contribution is 0.335. The van der Waals surface area contributed by atoms with E-state index in [2.05, 4.69) is 5.10 Å². The Kier molecular flexibility index (Phi) is 4.43. The van der Waals surface area contributed by atoms with E-state index in [1.807, 2.05) is 0 Å². The number of hydrazone groups is 1. The fourth-order valence-electron chi connectivity index (χ4n) is 2.10. The Bertz CT molecular complexity index is 796. The maximum atomic E-state index is 6.08. The van der Waals surface area contributed by atoms with Crippen molar-refractivity contribution in [3.8, 4) is 5.75 Å². The first-order valence-electron chi connectivity index (χ1n) is 6.57. The molecule has 23 heavy (non-hydrogen) atoms. The molecule has 0 spiro atoms. The maximum Gasteiger partial charge on any atom is 0.244 e. The standard InChI is InChI=1S/C15H12Cl3N3O2/c1-22-14-6-13(19)12(18)5-9(14)15-20-21(7-23-15)8-2-3-10(16)11(17)4-8/h2-6H,7,19H2,1H3. The molecule has 1 heterocycles. The van der Waals surface area contributed by atoms with Crippen molar-refractivity contribution in [3.05, 3.63) is 51.0 Å². The van der Waals surface area contributed by atoms with Crippen LogP contribution in [-0.2, 0) is 4.74 Å². The van der Waals surface area contributed by atoms with Gasteiger partial charge in [-0.05, 0) is 24.3 Å². The number of methoxy groups -OCH3 is 1. The molecular formula is C15H12Cl3N3O2. The minimum atomic E-state index is 0.235. The molecule has 2 N–H and O–H groups in total. The molecule has 0 amide bonds. The van der Waals surface area contributed by atoms with Crippen molar-refractivity contribution in [2.75, 3.05) is 24.6 Å². The van der Waals surface area contributed by atoms with Crippen LogP contribution in [0.15, 0.2) is 35.4 Å². The van der Waals surface area contributed by atoms with E-state index in [4.69, 9.17) is 50.0 Å². The molecule has 5 nitrogen and oxygen atoms in total. The van der Waals surface area contributed by atoms with Gasteiger partial charge in [-0.3, -0.25) is 0 Å². The number of anilines is 2. The van der Waals surface area contributed by atoms with Gasteiger partial charge in [0, 0.05) is 6.07 Å². The number of nitrogens with zero attached hydrogens (tertiary/aromatic N) is 2. The van der Waals surface area contributed by atoms with Crippen LogP contribution in [0.3, 0.4) is 0 Å². The van der Waals surface area contributed by atoms with Crippen LogP contribution in [0, 0.1) is 0 Å². The summed E-state index contributed by atoms with van der Waals surface area (Å²) < 4.78 is 10.9. The van der Waals surface area contributed by atoms with Crippen molar-refractivity contribution in [3.63, 3.8) is 0 Å². The van der Waals surface area contributed by atoms with Gasteiger partial charge in [-0.25, -0.2) is 5.01 Å². The molecule has 0 bridgehead atoms. The molecule has 1 aliphatic rings. The second-order valence-electron chi connectivity index (χ2n) is 4.75. The van der Waals surface area contributed by atoms with Crippen LogP contribution in [0.1, 0.15) is 5.56 Å². The summed E-state index contributed by atoms with van der Waals surface area (Å²) in [5.41, 5.74) is 7.58. The highest BCUT2D eigenvalue weighted by Crippen LogP contribution is 2.33. The molecule has 2 aromatic carbocycles. The predicted molar refractivity (Wildman–Crippen MR) is 93.8 cm³/mol. The first kappa shape index (κ1) is 16.1. The van der Waals surface area contributed by atoms with Crippen molar-refractivity contribution in [2.45, 2.75) is 0 Å². The molecule has 0 saturated carbocycles. The fourth-order valence-corrected chi connectivity index (χ4v) is 2.56. The number of rotatable bonds is 3. The van der Waals surface area contributed by atoms with E-state index in [1.165, 1.54) is 0 Å². The minimum Gasteiger partial charge on any atom is -0.496 e.